The van der Waals surface area contributed by atoms with Gasteiger partial charge in [0.05, 0.1) is 10.7 Å². The summed E-state index contributed by atoms with van der Waals surface area (Å²) in [7, 11) is 0. The minimum atomic E-state index is 0.424. The smallest absolute Gasteiger partial charge is 0.147 e. The van der Waals surface area contributed by atoms with Gasteiger partial charge in [-0.15, -0.1) is 11.8 Å². The lowest BCUT2D eigenvalue weighted by atomic mass is 10.4. The van der Waals surface area contributed by atoms with E-state index in [1.165, 1.54) is 0 Å². The Labute approximate surface area is 82.9 Å². The summed E-state index contributed by atoms with van der Waals surface area (Å²) < 4.78 is 0. The maximum Gasteiger partial charge on any atom is 0.147 e. The van der Waals surface area contributed by atoms with Crippen LogP contribution >= 0.6 is 11.8 Å². The molecule has 1 unspecified atom stereocenters. The predicted octanol–water partition coefficient (Wildman–Crippen LogP) is 2.14. The van der Waals surface area contributed by atoms with Crippen LogP contribution in [0.4, 0.5) is 11.5 Å². The summed E-state index contributed by atoms with van der Waals surface area (Å²) in [4.78, 5) is 4.18. The lowest BCUT2D eigenvalue weighted by molar-refractivity contribution is 0.901. The summed E-state index contributed by atoms with van der Waals surface area (Å²) in [6, 6.07) is 3.70. The number of nitrogens with zero attached hydrogens (tertiary/aromatic N) is 1. The van der Waals surface area contributed by atoms with Crippen LogP contribution in [0.1, 0.15) is 20.3 Å². The van der Waals surface area contributed by atoms with E-state index < -0.39 is 0 Å². The lowest BCUT2D eigenvalue weighted by Gasteiger charge is -2.08. The van der Waals surface area contributed by atoms with Gasteiger partial charge >= 0.3 is 0 Å². The van der Waals surface area contributed by atoms with Gasteiger partial charge in [-0.3, -0.25) is 0 Å². The van der Waals surface area contributed by atoms with Gasteiger partial charge in [0.2, 0.25) is 0 Å². The minimum Gasteiger partial charge on any atom is -0.396 e. The molecule has 1 aromatic rings. The van der Waals surface area contributed by atoms with Gasteiger partial charge in [0, 0.05) is 5.25 Å². The maximum absolute atomic E-state index is 5.59. The fourth-order valence-electron chi connectivity index (χ4n) is 0.822. The third kappa shape index (κ3) is 2.81. The van der Waals surface area contributed by atoms with Gasteiger partial charge in [-0.1, -0.05) is 13.8 Å². The van der Waals surface area contributed by atoms with Gasteiger partial charge in [0.25, 0.3) is 0 Å². The monoisotopic (exact) mass is 197 g/mol. The van der Waals surface area contributed by atoms with Gasteiger partial charge in [0.15, 0.2) is 0 Å². The zero-order valence-corrected chi connectivity index (χ0v) is 8.77. The van der Waals surface area contributed by atoms with E-state index >= 15 is 0 Å². The van der Waals surface area contributed by atoms with Crippen LogP contribution in [0.15, 0.2) is 17.2 Å². The number of pyridine rings is 1. The van der Waals surface area contributed by atoms with Crippen LogP contribution in [0, 0.1) is 0 Å². The average Bonchev–Trinajstić information content (AvgIpc) is 2.11. The highest BCUT2D eigenvalue weighted by Gasteiger charge is 2.04. The lowest BCUT2D eigenvalue weighted by Crippen LogP contribution is -2.00. The summed E-state index contributed by atoms with van der Waals surface area (Å²) in [6.45, 7) is 4.32. The number of hydrogen-bond acceptors (Lipinski definition) is 4. The van der Waals surface area contributed by atoms with Crippen LogP contribution in [0.5, 0.6) is 0 Å². The molecule has 1 atom stereocenters. The number of nitrogens with two attached hydrogens (primary N) is 2. The average molecular weight is 197 g/mol. The van der Waals surface area contributed by atoms with E-state index in [0.29, 0.717) is 16.8 Å². The molecule has 0 spiro atoms. The fraction of sp³-hybridized carbons (Fsp3) is 0.444. The molecule has 0 aromatic carbocycles. The first-order valence-electron chi connectivity index (χ1n) is 4.32. The molecular weight excluding hydrogens is 182 g/mol. The largest absolute Gasteiger partial charge is 0.396 e. The van der Waals surface area contributed by atoms with E-state index in [-0.39, 0.29) is 0 Å². The minimum absolute atomic E-state index is 0.424. The number of nitrogen functional groups attached to an aromatic ring is 2. The van der Waals surface area contributed by atoms with Crippen LogP contribution in [-0.4, -0.2) is 10.2 Å². The Bertz CT molecular complexity index is 288. The Morgan fingerprint density at radius 3 is 2.69 bits per heavy atom. The first-order valence-corrected chi connectivity index (χ1v) is 5.20. The predicted molar refractivity (Wildman–Crippen MR) is 58.7 cm³/mol. The molecule has 4 heteroatoms. The summed E-state index contributed by atoms with van der Waals surface area (Å²) in [5.41, 5.74) is 11.7. The van der Waals surface area contributed by atoms with E-state index in [0.717, 1.165) is 11.4 Å². The van der Waals surface area contributed by atoms with Crippen molar-refractivity contribution in [2.24, 2.45) is 0 Å². The molecule has 0 aliphatic heterocycles. The third-order valence-electron chi connectivity index (χ3n) is 1.83. The van der Waals surface area contributed by atoms with Crippen LogP contribution in [0.2, 0.25) is 0 Å². The number of anilines is 2. The van der Waals surface area contributed by atoms with Crippen molar-refractivity contribution in [2.45, 2.75) is 30.5 Å². The van der Waals surface area contributed by atoms with Crippen LogP contribution in [0.3, 0.4) is 0 Å². The molecule has 0 aliphatic carbocycles. The van der Waals surface area contributed by atoms with Gasteiger partial charge in [-0.25, -0.2) is 4.98 Å². The number of hydrogen-bond donors (Lipinski definition) is 2. The van der Waals surface area contributed by atoms with E-state index in [9.17, 15) is 0 Å². The maximum atomic E-state index is 5.59. The first kappa shape index (κ1) is 10.2. The number of rotatable bonds is 3. The van der Waals surface area contributed by atoms with Crippen molar-refractivity contribution in [2.75, 3.05) is 11.5 Å². The normalized spacial score (nSPS) is 12.8. The molecule has 0 saturated carbocycles. The van der Waals surface area contributed by atoms with Crippen LogP contribution in [0.25, 0.3) is 0 Å². The van der Waals surface area contributed by atoms with Crippen molar-refractivity contribution in [3.63, 3.8) is 0 Å². The zero-order valence-electron chi connectivity index (χ0n) is 7.95. The van der Waals surface area contributed by atoms with Crippen LogP contribution < -0.4 is 11.5 Å². The third-order valence-corrected chi connectivity index (χ3v) is 3.03. The van der Waals surface area contributed by atoms with Crippen molar-refractivity contribution >= 4 is 23.3 Å². The number of thioether (sulfide) groups is 1. The summed E-state index contributed by atoms with van der Waals surface area (Å²) in [5.74, 6) is 0.424. The molecule has 3 nitrogen and oxygen atoms in total. The number of aromatic nitrogens is 1. The molecule has 1 aromatic heterocycles. The molecule has 1 rings (SSSR count). The second kappa shape index (κ2) is 4.37. The van der Waals surface area contributed by atoms with Crippen LogP contribution in [-0.2, 0) is 0 Å². The Balaban J connectivity index is 2.73. The molecule has 13 heavy (non-hydrogen) atoms. The molecule has 4 N–H and O–H groups in total. The first-order chi connectivity index (χ1) is 6.13. The highest BCUT2D eigenvalue weighted by Crippen LogP contribution is 2.25. The highest BCUT2D eigenvalue weighted by atomic mass is 32.2. The standard InChI is InChI=1S/C9H15N3S/c1-3-6(2)13-8-5-4-7(10)9(11)12-8/h4-6H,3,10H2,1-2H3,(H2,11,12). The molecule has 72 valence electrons. The van der Waals surface area contributed by atoms with Crippen molar-refractivity contribution < 1.29 is 0 Å². The summed E-state index contributed by atoms with van der Waals surface area (Å²) >= 11 is 1.72. The Morgan fingerprint density at radius 1 is 1.46 bits per heavy atom. The van der Waals surface area contributed by atoms with Crippen molar-refractivity contribution in [3.8, 4) is 0 Å². The Hall–Kier alpha value is -0.900. The van der Waals surface area contributed by atoms with Gasteiger partial charge in [-0.2, -0.15) is 0 Å². The molecule has 0 saturated heterocycles. The molecular formula is C9H15N3S. The molecule has 0 bridgehead atoms. The molecule has 1 heterocycles. The fourth-order valence-corrected chi connectivity index (χ4v) is 1.70. The summed E-state index contributed by atoms with van der Waals surface area (Å²) in [5, 5.41) is 1.51. The van der Waals surface area contributed by atoms with Crippen molar-refractivity contribution in [3.05, 3.63) is 12.1 Å². The molecule has 0 amide bonds. The van der Waals surface area contributed by atoms with E-state index in [2.05, 4.69) is 18.8 Å². The van der Waals surface area contributed by atoms with Gasteiger partial charge in [-0.05, 0) is 18.6 Å². The van der Waals surface area contributed by atoms with Gasteiger partial charge in [0.1, 0.15) is 5.82 Å². The molecule has 0 fully saturated rings. The van der Waals surface area contributed by atoms with E-state index in [1.54, 1.807) is 17.8 Å². The molecule has 0 radical (unpaired) electrons. The molecule has 0 aliphatic rings. The van der Waals surface area contributed by atoms with Crippen molar-refractivity contribution in [1.82, 2.24) is 4.98 Å². The Morgan fingerprint density at radius 2 is 2.15 bits per heavy atom. The highest BCUT2D eigenvalue weighted by molar-refractivity contribution is 7.99. The summed E-state index contributed by atoms with van der Waals surface area (Å²) in [6.07, 6.45) is 1.12. The Kier molecular flexibility index (Phi) is 3.42. The second-order valence-corrected chi connectivity index (χ2v) is 4.42. The quantitative estimate of drug-likeness (QED) is 0.729. The van der Waals surface area contributed by atoms with Crippen molar-refractivity contribution in [1.29, 1.82) is 0 Å². The van der Waals surface area contributed by atoms with Gasteiger partial charge < -0.3 is 11.5 Å². The van der Waals surface area contributed by atoms with E-state index in [1.807, 2.05) is 6.07 Å². The zero-order chi connectivity index (χ0) is 9.84. The second-order valence-electron chi connectivity index (χ2n) is 2.96. The topological polar surface area (TPSA) is 64.9 Å². The SMILES string of the molecule is CCC(C)Sc1ccc(N)c(N)n1. The van der Waals surface area contributed by atoms with E-state index in [4.69, 9.17) is 11.5 Å².